The van der Waals surface area contributed by atoms with Gasteiger partial charge in [-0.3, -0.25) is 4.90 Å². The third-order valence-corrected chi connectivity index (χ3v) is 7.16. The second-order valence-corrected chi connectivity index (χ2v) is 11.4. The van der Waals surface area contributed by atoms with Crippen molar-refractivity contribution in [2.24, 2.45) is 0 Å². The van der Waals surface area contributed by atoms with Crippen LogP contribution >= 0.6 is 0 Å². The smallest absolute Gasteiger partial charge is 0.119 e. The molecule has 4 rings (SSSR count). The molecule has 2 atom stereocenters. The average Bonchev–Trinajstić information content (AvgIpc) is 2.88. The number of aliphatic hydroxyl groups is 2. The molecule has 0 aliphatic carbocycles. The van der Waals surface area contributed by atoms with Gasteiger partial charge in [0.25, 0.3) is 0 Å². The summed E-state index contributed by atoms with van der Waals surface area (Å²) >= 11 is 0. The molecule has 0 aromatic heterocycles. The van der Waals surface area contributed by atoms with Crippen LogP contribution < -0.4 is 9.64 Å². The van der Waals surface area contributed by atoms with Gasteiger partial charge in [0.05, 0.1) is 28.9 Å². The number of nitrogens with zero attached hydrogens (tertiary/aromatic N) is 3. The first-order valence-corrected chi connectivity index (χ1v) is 13.2. The van der Waals surface area contributed by atoms with Crippen LogP contribution in [-0.2, 0) is 5.60 Å². The van der Waals surface area contributed by atoms with Crippen molar-refractivity contribution in [3.8, 4) is 11.8 Å². The van der Waals surface area contributed by atoms with Crippen LogP contribution in [0.25, 0.3) is 0 Å². The van der Waals surface area contributed by atoms with Gasteiger partial charge in [-0.15, -0.1) is 0 Å². The third kappa shape index (κ3) is 6.73. The lowest BCUT2D eigenvalue weighted by molar-refractivity contribution is 0.0103. The molecular formula is C32H39N3O3. The highest BCUT2D eigenvalue weighted by Crippen LogP contribution is 2.35. The molecule has 200 valence electrons. The maximum atomic E-state index is 11.4. The van der Waals surface area contributed by atoms with Gasteiger partial charge >= 0.3 is 0 Å². The first kappa shape index (κ1) is 27.7. The molecule has 1 saturated heterocycles. The van der Waals surface area contributed by atoms with Crippen molar-refractivity contribution in [3.63, 3.8) is 0 Å². The maximum absolute atomic E-state index is 11.4. The second kappa shape index (κ2) is 11.2. The molecule has 0 spiro atoms. The van der Waals surface area contributed by atoms with E-state index in [9.17, 15) is 10.2 Å². The van der Waals surface area contributed by atoms with Gasteiger partial charge in [-0.1, -0.05) is 42.0 Å². The summed E-state index contributed by atoms with van der Waals surface area (Å²) in [6, 6.07) is 24.3. The number of nitriles is 1. The number of rotatable bonds is 8. The van der Waals surface area contributed by atoms with Crippen molar-refractivity contribution in [2.75, 3.05) is 37.7 Å². The molecule has 6 nitrogen and oxygen atoms in total. The molecule has 1 aliphatic heterocycles. The van der Waals surface area contributed by atoms with E-state index in [1.165, 1.54) is 11.1 Å². The van der Waals surface area contributed by atoms with Crippen LogP contribution in [0.5, 0.6) is 5.75 Å². The molecular weight excluding hydrogens is 474 g/mol. The lowest BCUT2D eigenvalue weighted by Crippen LogP contribution is -2.52. The van der Waals surface area contributed by atoms with Gasteiger partial charge in [0.1, 0.15) is 12.4 Å². The number of hydrogen-bond donors (Lipinski definition) is 2. The molecule has 0 unspecified atom stereocenters. The SMILES string of the molecule is Cc1ccc([C@@H]2CN(C[C@@](C)(O)c3ccc(C#N)cc3)CCN2c2ccc(OCC(C)(C)O)cc2C)cc1. The zero-order chi connectivity index (χ0) is 27.5. The van der Waals surface area contributed by atoms with E-state index in [1.807, 2.05) is 31.2 Å². The van der Waals surface area contributed by atoms with Crippen LogP contribution in [0.1, 0.15) is 54.6 Å². The van der Waals surface area contributed by atoms with Gasteiger partial charge in [0.2, 0.25) is 0 Å². The highest BCUT2D eigenvalue weighted by atomic mass is 16.5. The summed E-state index contributed by atoms with van der Waals surface area (Å²) in [5.41, 5.74) is 4.20. The van der Waals surface area contributed by atoms with E-state index in [-0.39, 0.29) is 12.6 Å². The molecule has 6 heteroatoms. The van der Waals surface area contributed by atoms with Crippen LogP contribution in [0.15, 0.2) is 66.7 Å². The molecule has 0 radical (unpaired) electrons. The van der Waals surface area contributed by atoms with Crippen molar-refractivity contribution in [1.82, 2.24) is 4.90 Å². The van der Waals surface area contributed by atoms with Crippen LogP contribution in [0.2, 0.25) is 0 Å². The fourth-order valence-corrected chi connectivity index (χ4v) is 5.08. The van der Waals surface area contributed by atoms with Gasteiger partial charge in [-0.05, 0) is 81.6 Å². The van der Waals surface area contributed by atoms with Crippen molar-refractivity contribution in [1.29, 1.82) is 5.26 Å². The third-order valence-electron chi connectivity index (χ3n) is 7.16. The summed E-state index contributed by atoms with van der Waals surface area (Å²) < 4.78 is 5.82. The molecule has 38 heavy (non-hydrogen) atoms. The van der Waals surface area contributed by atoms with Gasteiger partial charge in [0, 0.05) is 31.9 Å². The zero-order valence-corrected chi connectivity index (χ0v) is 23.1. The van der Waals surface area contributed by atoms with Gasteiger partial charge in [-0.25, -0.2) is 0 Å². The first-order valence-electron chi connectivity index (χ1n) is 13.2. The highest BCUT2D eigenvalue weighted by molar-refractivity contribution is 5.58. The Morgan fingerprint density at radius 2 is 1.63 bits per heavy atom. The molecule has 3 aromatic carbocycles. The summed E-state index contributed by atoms with van der Waals surface area (Å²) in [5.74, 6) is 0.748. The molecule has 1 heterocycles. The Morgan fingerprint density at radius 1 is 0.947 bits per heavy atom. The average molecular weight is 514 g/mol. The number of β-amino-alcohol motifs (C(OH)–C–C–N with tert-alkyl or cyclic N) is 1. The molecule has 1 aliphatic rings. The number of anilines is 1. The molecule has 2 N–H and O–H groups in total. The summed E-state index contributed by atoms with van der Waals surface area (Å²) in [6.07, 6.45) is 0. The standard InChI is InChI=1S/C32H39N3O3/c1-23-6-10-26(11-7-23)30-20-34(21-32(5,37)27-12-8-25(19-33)9-13-27)16-17-35(30)29-15-14-28(18-24(29)2)38-22-31(3,4)36/h6-15,18,30,36-37H,16-17,20-22H2,1-5H3/t30-,32+/m0/s1. The van der Waals surface area contributed by atoms with E-state index >= 15 is 0 Å². The number of aryl methyl sites for hydroxylation is 2. The number of piperazine rings is 1. The van der Waals surface area contributed by atoms with E-state index in [4.69, 9.17) is 10.00 Å². The van der Waals surface area contributed by atoms with Crippen molar-refractivity contribution < 1.29 is 14.9 Å². The number of benzene rings is 3. The maximum Gasteiger partial charge on any atom is 0.119 e. The van der Waals surface area contributed by atoms with E-state index < -0.39 is 11.2 Å². The highest BCUT2D eigenvalue weighted by Gasteiger charge is 2.34. The van der Waals surface area contributed by atoms with Gasteiger partial charge in [-0.2, -0.15) is 5.26 Å². The minimum absolute atomic E-state index is 0.114. The van der Waals surface area contributed by atoms with Crippen LogP contribution in [0.3, 0.4) is 0 Å². The Hall–Kier alpha value is -3.37. The van der Waals surface area contributed by atoms with Crippen LogP contribution in [0, 0.1) is 25.2 Å². The summed E-state index contributed by atoms with van der Waals surface area (Å²) in [6.45, 7) is 12.6. The summed E-state index contributed by atoms with van der Waals surface area (Å²) in [5, 5.41) is 30.5. The molecule has 0 saturated carbocycles. The zero-order valence-electron chi connectivity index (χ0n) is 23.1. The van der Waals surface area contributed by atoms with E-state index in [1.54, 1.807) is 26.0 Å². The lowest BCUT2D eigenvalue weighted by atomic mass is 9.93. The van der Waals surface area contributed by atoms with E-state index in [0.717, 1.165) is 42.2 Å². The fourth-order valence-electron chi connectivity index (χ4n) is 5.08. The summed E-state index contributed by atoms with van der Waals surface area (Å²) in [7, 11) is 0. The predicted octanol–water partition coefficient (Wildman–Crippen LogP) is 5.10. The monoisotopic (exact) mass is 513 g/mol. The minimum atomic E-state index is -1.04. The van der Waals surface area contributed by atoms with E-state index in [0.29, 0.717) is 12.1 Å². The Morgan fingerprint density at radius 3 is 2.24 bits per heavy atom. The summed E-state index contributed by atoms with van der Waals surface area (Å²) in [4.78, 5) is 4.78. The van der Waals surface area contributed by atoms with Crippen molar-refractivity contribution in [3.05, 3.63) is 94.5 Å². The first-order chi connectivity index (χ1) is 17.9. The molecule has 0 amide bonds. The van der Waals surface area contributed by atoms with Gasteiger partial charge < -0.3 is 19.8 Å². The topological polar surface area (TPSA) is 80.0 Å². The van der Waals surface area contributed by atoms with Crippen molar-refractivity contribution in [2.45, 2.75) is 51.9 Å². The van der Waals surface area contributed by atoms with E-state index in [2.05, 4.69) is 60.0 Å². The molecule has 0 bridgehead atoms. The largest absolute Gasteiger partial charge is 0.491 e. The number of ether oxygens (including phenoxy) is 1. The quantitative estimate of drug-likeness (QED) is 0.437. The lowest BCUT2D eigenvalue weighted by Gasteiger charge is -2.45. The number of hydrogen-bond acceptors (Lipinski definition) is 6. The van der Waals surface area contributed by atoms with Crippen LogP contribution in [-0.4, -0.2) is 53.5 Å². The Labute approximate surface area is 226 Å². The molecule has 3 aromatic rings. The Balaban J connectivity index is 1.57. The molecule has 1 fully saturated rings. The van der Waals surface area contributed by atoms with Gasteiger partial charge in [0.15, 0.2) is 0 Å². The van der Waals surface area contributed by atoms with Crippen molar-refractivity contribution >= 4 is 5.69 Å². The van der Waals surface area contributed by atoms with Crippen LogP contribution in [0.4, 0.5) is 5.69 Å². The minimum Gasteiger partial charge on any atom is -0.491 e. The Bertz CT molecular complexity index is 1270. The second-order valence-electron chi connectivity index (χ2n) is 11.4. The normalized spacial score (nSPS) is 18.1. The predicted molar refractivity (Wildman–Crippen MR) is 151 cm³/mol. The fraction of sp³-hybridized carbons (Fsp3) is 0.406. The Kier molecular flexibility index (Phi) is 8.13.